The molecule has 0 saturated carbocycles. The predicted molar refractivity (Wildman–Crippen MR) is 112 cm³/mol. The number of sulfone groups is 1. The lowest BCUT2D eigenvalue weighted by Gasteiger charge is -2.09. The molecule has 0 bridgehead atoms. The lowest BCUT2D eigenvalue weighted by atomic mass is 10.1. The lowest BCUT2D eigenvalue weighted by Crippen LogP contribution is -2.13. The normalized spacial score (nSPS) is 11.5. The number of carbonyl (C=O) groups excluding carboxylic acids is 2. The zero-order valence-corrected chi connectivity index (χ0v) is 18.2. The monoisotopic (exact) mass is 474 g/mol. The van der Waals surface area contributed by atoms with Crippen LogP contribution in [-0.2, 0) is 14.6 Å². The van der Waals surface area contributed by atoms with Crippen molar-refractivity contribution < 1.29 is 31.9 Å². The molecule has 0 spiro atoms. The number of anilines is 1. The summed E-state index contributed by atoms with van der Waals surface area (Å²) >= 11 is 0.666. The van der Waals surface area contributed by atoms with Crippen LogP contribution >= 0.6 is 11.5 Å². The first-order valence-electron chi connectivity index (χ1n) is 8.62. The van der Waals surface area contributed by atoms with E-state index in [1.165, 1.54) is 43.7 Å². The highest BCUT2D eigenvalue weighted by molar-refractivity contribution is 7.90. The van der Waals surface area contributed by atoms with Gasteiger partial charge >= 0.3 is 5.97 Å². The molecule has 1 aromatic carbocycles. The molecule has 0 saturated heterocycles. The zero-order valence-electron chi connectivity index (χ0n) is 16.6. The Labute approximate surface area is 186 Å². The van der Waals surface area contributed by atoms with E-state index in [-0.39, 0.29) is 28.0 Å². The number of rotatable bonds is 7. The zero-order chi connectivity index (χ0) is 23.3. The van der Waals surface area contributed by atoms with Crippen LogP contribution in [0.4, 0.5) is 5.13 Å². The molecular weight excluding hydrogens is 460 g/mol. The number of amides is 1. The van der Waals surface area contributed by atoms with E-state index in [1.54, 1.807) is 12.1 Å². The number of hydrogen-bond donors (Lipinski definition) is 1. The summed E-state index contributed by atoms with van der Waals surface area (Å²) in [6.07, 6.45) is 3.54. The van der Waals surface area contributed by atoms with E-state index in [0.717, 1.165) is 6.26 Å². The highest BCUT2D eigenvalue weighted by Gasteiger charge is 2.18. The molecule has 164 valence electrons. The molecule has 1 N–H and O–H groups in total. The molecule has 0 aliphatic heterocycles. The molecule has 2 heterocycles. The summed E-state index contributed by atoms with van der Waals surface area (Å²) in [6, 6.07) is 9.14. The second-order valence-corrected chi connectivity index (χ2v) is 8.72. The molecule has 32 heavy (non-hydrogen) atoms. The Balaban J connectivity index is 1.79. The van der Waals surface area contributed by atoms with Crippen molar-refractivity contribution in [3.8, 4) is 17.6 Å². The van der Waals surface area contributed by atoms with Gasteiger partial charge in [0.2, 0.25) is 20.7 Å². The molecule has 0 aliphatic carbocycles. The standard InChI is InChI=1S/C19H14N4O7S2/c1-28-15-9-11(5-6-13(15)30-17(25)14-4-3-7-29-14)8-12(10-20)16(24)21-18-22-19(23-31-18)32(2,26)27/h3-9H,1-2H3,(H,21,22,23,24)/b12-8-. The highest BCUT2D eigenvalue weighted by Crippen LogP contribution is 2.30. The minimum absolute atomic E-state index is 0.00942. The molecule has 0 atom stereocenters. The van der Waals surface area contributed by atoms with E-state index in [9.17, 15) is 23.3 Å². The van der Waals surface area contributed by atoms with Crippen molar-refractivity contribution in [2.45, 2.75) is 5.16 Å². The van der Waals surface area contributed by atoms with Crippen LogP contribution in [0, 0.1) is 11.3 Å². The molecule has 11 nitrogen and oxygen atoms in total. The van der Waals surface area contributed by atoms with Gasteiger partial charge < -0.3 is 13.9 Å². The quantitative estimate of drug-likeness (QED) is 0.233. The van der Waals surface area contributed by atoms with Crippen molar-refractivity contribution in [2.24, 2.45) is 0 Å². The Morgan fingerprint density at radius 1 is 1.28 bits per heavy atom. The van der Waals surface area contributed by atoms with Gasteiger partial charge in [0.1, 0.15) is 11.6 Å². The topological polar surface area (TPSA) is 161 Å². The first-order valence-corrected chi connectivity index (χ1v) is 11.3. The maximum absolute atomic E-state index is 12.4. The fourth-order valence-corrected chi connectivity index (χ4v) is 3.73. The molecule has 0 fully saturated rings. The van der Waals surface area contributed by atoms with E-state index in [2.05, 4.69) is 14.7 Å². The molecule has 3 rings (SSSR count). The Kier molecular flexibility index (Phi) is 6.67. The number of esters is 1. The summed E-state index contributed by atoms with van der Waals surface area (Å²) in [5, 5.41) is 11.2. The Morgan fingerprint density at radius 3 is 2.66 bits per heavy atom. The fourth-order valence-electron chi connectivity index (χ4n) is 2.29. The van der Waals surface area contributed by atoms with Crippen molar-refractivity contribution in [1.82, 2.24) is 9.36 Å². The summed E-state index contributed by atoms with van der Waals surface area (Å²) in [7, 11) is -2.26. The minimum atomic E-state index is -3.63. The second kappa shape index (κ2) is 9.41. The van der Waals surface area contributed by atoms with Crippen molar-refractivity contribution in [3.63, 3.8) is 0 Å². The van der Waals surface area contributed by atoms with Crippen LogP contribution in [0.2, 0.25) is 0 Å². The van der Waals surface area contributed by atoms with Gasteiger partial charge in [-0.25, -0.2) is 13.2 Å². The number of hydrogen-bond acceptors (Lipinski definition) is 11. The van der Waals surface area contributed by atoms with E-state index >= 15 is 0 Å². The maximum Gasteiger partial charge on any atom is 0.379 e. The number of furan rings is 1. The number of aromatic nitrogens is 2. The number of nitrogens with zero attached hydrogens (tertiary/aromatic N) is 3. The number of benzene rings is 1. The third-order valence-corrected chi connectivity index (χ3v) is 5.34. The van der Waals surface area contributed by atoms with Crippen LogP contribution < -0.4 is 14.8 Å². The molecule has 2 aromatic heterocycles. The van der Waals surface area contributed by atoms with Crippen molar-refractivity contribution in [3.05, 3.63) is 53.5 Å². The van der Waals surface area contributed by atoms with Crippen LogP contribution in [0.5, 0.6) is 11.5 Å². The van der Waals surface area contributed by atoms with Crippen LogP contribution in [0.25, 0.3) is 6.08 Å². The lowest BCUT2D eigenvalue weighted by molar-refractivity contribution is -0.112. The van der Waals surface area contributed by atoms with Gasteiger partial charge in [-0.05, 0) is 35.9 Å². The predicted octanol–water partition coefficient (Wildman–Crippen LogP) is 2.31. The Bertz CT molecular complexity index is 1340. The number of ether oxygens (including phenoxy) is 2. The first-order chi connectivity index (χ1) is 15.2. The second-order valence-electron chi connectivity index (χ2n) is 6.06. The third-order valence-electron chi connectivity index (χ3n) is 3.75. The average Bonchev–Trinajstić information content (AvgIpc) is 3.44. The van der Waals surface area contributed by atoms with E-state index in [0.29, 0.717) is 17.1 Å². The van der Waals surface area contributed by atoms with Gasteiger partial charge in [-0.1, -0.05) is 6.07 Å². The van der Waals surface area contributed by atoms with Gasteiger partial charge in [0.05, 0.1) is 13.4 Å². The molecular formula is C19H14N4O7S2. The van der Waals surface area contributed by atoms with Gasteiger partial charge in [0.15, 0.2) is 11.5 Å². The summed E-state index contributed by atoms with van der Waals surface area (Å²) in [4.78, 5) is 28.1. The summed E-state index contributed by atoms with van der Waals surface area (Å²) in [5.74, 6) is -1.24. The fraction of sp³-hybridized carbons (Fsp3) is 0.105. The smallest absolute Gasteiger partial charge is 0.379 e. The molecule has 13 heteroatoms. The van der Waals surface area contributed by atoms with E-state index in [1.807, 2.05) is 0 Å². The number of carbonyl (C=O) groups is 2. The van der Waals surface area contributed by atoms with Gasteiger partial charge in [-0.15, -0.1) is 0 Å². The van der Waals surface area contributed by atoms with Crippen LogP contribution in [0.15, 0.2) is 51.7 Å². The SMILES string of the molecule is COc1cc(/C=C(/C#N)C(=O)Nc2nc(S(C)(=O)=O)ns2)ccc1OC(=O)c1ccco1. The first kappa shape index (κ1) is 22.7. The third kappa shape index (κ3) is 5.36. The Hall–Kier alpha value is -4.02. The summed E-state index contributed by atoms with van der Waals surface area (Å²) in [6.45, 7) is 0. The number of nitriles is 1. The summed E-state index contributed by atoms with van der Waals surface area (Å²) < 4.78 is 42.0. The maximum atomic E-state index is 12.4. The molecule has 0 unspecified atom stereocenters. The van der Waals surface area contributed by atoms with Crippen LogP contribution in [-0.4, -0.2) is 43.0 Å². The van der Waals surface area contributed by atoms with Crippen molar-refractivity contribution in [2.75, 3.05) is 18.7 Å². The van der Waals surface area contributed by atoms with E-state index in [4.69, 9.17) is 13.9 Å². The highest BCUT2D eigenvalue weighted by atomic mass is 32.2. The molecule has 0 radical (unpaired) electrons. The number of nitrogens with one attached hydrogen (secondary N) is 1. The van der Waals surface area contributed by atoms with Crippen molar-refractivity contribution >= 4 is 44.5 Å². The van der Waals surface area contributed by atoms with Crippen LogP contribution in [0.1, 0.15) is 16.1 Å². The largest absolute Gasteiger partial charge is 0.493 e. The van der Waals surface area contributed by atoms with E-state index < -0.39 is 26.9 Å². The van der Waals surface area contributed by atoms with Gasteiger partial charge in [0.25, 0.3) is 11.1 Å². The summed E-state index contributed by atoms with van der Waals surface area (Å²) in [5.41, 5.74) is 0.115. The average molecular weight is 474 g/mol. The minimum Gasteiger partial charge on any atom is -0.493 e. The van der Waals surface area contributed by atoms with Gasteiger partial charge in [-0.2, -0.15) is 14.6 Å². The van der Waals surface area contributed by atoms with Crippen LogP contribution in [0.3, 0.4) is 0 Å². The van der Waals surface area contributed by atoms with Crippen molar-refractivity contribution in [1.29, 1.82) is 5.26 Å². The molecule has 0 aliphatic rings. The van der Waals surface area contributed by atoms with Gasteiger partial charge in [0, 0.05) is 17.8 Å². The molecule has 1 amide bonds. The number of methoxy groups -OCH3 is 1. The Morgan fingerprint density at radius 2 is 2.06 bits per heavy atom. The molecule has 3 aromatic rings. The van der Waals surface area contributed by atoms with Gasteiger partial charge in [-0.3, -0.25) is 10.1 Å².